The van der Waals surface area contributed by atoms with Crippen molar-refractivity contribution in [3.63, 3.8) is 0 Å². The van der Waals surface area contributed by atoms with Gasteiger partial charge in [-0.2, -0.15) is 0 Å². The Hall–Kier alpha value is -2.95. The number of hydrogen-bond donors (Lipinski definition) is 2. The smallest absolute Gasteiger partial charge is 0.225 e. The van der Waals surface area contributed by atoms with Crippen LogP contribution in [0.5, 0.6) is 5.75 Å². The number of furan rings is 1. The van der Waals surface area contributed by atoms with E-state index in [1.165, 1.54) is 11.1 Å². The van der Waals surface area contributed by atoms with Crippen LogP contribution in [0.2, 0.25) is 0 Å². The Labute approximate surface area is 152 Å². The van der Waals surface area contributed by atoms with Crippen molar-refractivity contribution >= 4 is 22.6 Å². The number of anilines is 1. The van der Waals surface area contributed by atoms with Crippen LogP contribution >= 0.6 is 0 Å². The molecule has 0 saturated carbocycles. The summed E-state index contributed by atoms with van der Waals surface area (Å²) in [5.41, 5.74) is 10.7. The molecule has 1 heterocycles. The predicted octanol–water partition coefficient (Wildman–Crippen LogP) is 3.76. The van der Waals surface area contributed by atoms with Crippen molar-refractivity contribution in [2.45, 2.75) is 31.7 Å². The van der Waals surface area contributed by atoms with Gasteiger partial charge in [-0.1, -0.05) is 6.07 Å². The number of carbonyl (C=O) groups excluding carboxylic acids is 1. The van der Waals surface area contributed by atoms with Crippen molar-refractivity contribution in [1.29, 1.82) is 0 Å². The summed E-state index contributed by atoms with van der Waals surface area (Å²) in [5, 5.41) is 4.12. The largest absolute Gasteiger partial charge is 0.497 e. The summed E-state index contributed by atoms with van der Waals surface area (Å²) in [6.45, 7) is 0. The molecular weight excluding hydrogens is 328 g/mol. The topological polar surface area (TPSA) is 77.5 Å². The number of nitrogen functional groups attached to an aromatic ring is 1. The molecule has 4 rings (SSSR count). The summed E-state index contributed by atoms with van der Waals surface area (Å²) < 4.78 is 10.8. The van der Waals surface area contributed by atoms with E-state index in [9.17, 15) is 4.79 Å². The summed E-state index contributed by atoms with van der Waals surface area (Å²) in [5.74, 6) is 0.735. The molecule has 0 fully saturated rings. The Morgan fingerprint density at radius 3 is 3.04 bits per heavy atom. The monoisotopic (exact) mass is 350 g/mol. The molecular formula is C21H22N2O3. The Morgan fingerprint density at radius 2 is 2.19 bits per heavy atom. The van der Waals surface area contributed by atoms with Crippen LogP contribution in [0.3, 0.4) is 0 Å². The van der Waals surface area contributed by atoms with Crippen molar-refractivity contribution < 1.29 is 13.9 Å². The SMILES string of the molecule is COc1ccc2c(CC(=O)NC3CCCc4cc(N)ccc43)coc2c1. The van der Waals surface area contributed by atoms with E-state index in [1.54, 1.807) is 13.4 Å². The van der Waals surface area contributed by atoms with E-state index in [0.717, 1.165) is 47.2 Å². The minimum absolute atomic E-state index is 0.00167. The number of methoxy groups -OCH3 is 1. The van der Waals surface area contributed by atoms with Gasteiger partial charge >= 0.3 is 0 Å². The highest BCUT2D eigenvalue weighted by molar-refractivity contribution is 5.88. The summed E-state index contributed by atoms with van der Waals surface area (Å²) in [4.78, 5) is 12.6. The number of hydrogen-bond acceptors (Lipinski definition) is 4. The van der Waals surface area contributed by atoms with Crippen LogP contribution in [-0.4, -0.2) is 13.0 Å². The second-order valence-electron chi connectivity index (χ2n) is 6.77. The average molecular weight is 350 g/mol. The maximum atomic E-state index is 12.6. The number of ether oxygens (including phenoxy) is 1. The fourth-order valence-electron chi connectivity index (χ4n) is 3.73. The number of amides is 1. The lowest BCUT2D eigenvalue weighted by Crippen LogP contribution is -2.32. The molecule has 5 heteroatoms. The zero-order valence-corrected chi connectivity index (χ0v) is 14.7. The molecule has 1 unspecified atom stereocenters. The summed E-state index contributed by atoms with van der Waals surface area (Å²) in [7, 11) is 1.62. The van der Waals surface area contributed by atoms with Crippen LogP contribution in [0.1, 0.15) is 35.6 Å². The first-order valence-electron chi connectivity index (χ1n) is 8.86. The Morgan fingerprint density at radius 1 is 1.31 bits per heavy atom. The fraction of sp³-hybridized carbons (Fsp3) is 0.286. The summed E-state index contributed by atoms with van der Waals surface area (Å²) >= 11 is 0. The van der Waals surface area contributed by atoms with E-state index in [1.807, 2.05) is 36.4 Å². The van der Waals surface area contributed by atoms with Gasteiger partial charge in [-0.15, -0.1) is 0 Å². The van der Waals surface area contributed by atoms with E-state index in [0.29, 0.717) is 6.42 Å². The molecule has 5 nitrogen and oxygen atoms in total. The second kappa shape index (κ2) is 6.75. The lowest BCUT2D eigenvalue weighted by atomic mass is 9.87. The Bertz CT molecular complexity index is 961. The first-order chi connectivity index (χ1) is 12.6. The molecule has 3 aromatic rings. The van der Waals surface area contributed by atoms with Crippen LogP contribution in [0, 0.1) is 0 Å². The van der Waals surface area contributed by atoms with Gasteiger partial charge in [-0.05, 0) is 54.7 Å². The molecule has 3 N–H and O–H groups in total. The highest BCUT2D eigenvalue weighted by atomic mass is 16.5. The maximum absolute atomic E-state index is 12.6. The van der Waals surface area contributed by atoms with Gasteiger partial charge in [-0.3, -0.25) is 4.79 Å². The highest BCUT2D eigenvalue weighted by Gasteiger charge is 2.22. The average Bonchev–Trinajstić information content (AvgIpc) is 3.03. The molecule has 1 aliphatic rings. The molecule has 2 aromatic carbocycles. The predicted molar refractivity (Wildman–Crippen MR) is 101 cm³/mol. The van der Waals surface area contributed by atoms with Gasteiger partial charge in [0.15, 0.2) is 0 Å². The van der Waals surface area contributed by atoms with E-state index in [4.69, 9.17) is 14.9 Å². The fourth-order valence-corrected chi connectivity index (χ4v) is 3.73. The van der Waals surface area contributed by atoms with Crippen molar-refractivity contribution in [2.75, 3.05) is 12.8 Å². The molecule has 134 valence electrons. The molecule has 0 aliphatic heterocycles. The van der Waals surface area contributed by atoms with Crippen LogP contribution in [0.25, 0.3) is 11.0 Å². The van der Waals surface area contributed by atoms with E-state index >= 15 is 0 Å². The summed E-state index contributed by atoms with van der Waals surface area (Å²) in [6, 6.07) is 11.6. The zero-order chi connectivity index (χ0) is 18.1. The molecule has 0 bridgehead atoms. The minimum Gasteiger partial charge on any atom is -0.497 e. The third-order valence-electron chi connectivity index (χ3n) is 5.03. The number of fused-ring (bicyclic) bond motifs is 2. The number of benzene rings is 2. The van der Waals surface area contributed by atoms with Crippen LogP contribution in [0.4, 0.5) is 5.69 Å². The third-order valence-corrected chi connectivity index (χ3v) is 5.03. The maximum Gasteiger partial charge on any atom is 0.225 e. The van der Waals surface area contributed by atoms with Gasteiger partial charge in [0.1, 0.15) is 11.3 Å². The second-order valence-corrected chi connectivity index (χ2v) is 6.77. The Kier molecular flexibility index (Phi) is 4.29. The van der Waals surface area contributed by atoms with Crippen molar-refractivity contribution in [2.24, 2.45) is 0 Å². The standard InChI is InChI=1S/C21H22N2O3/c1-25-16-6-8-18-14(12-26-20(18)11-16)10-21(24)23-19-4-2-3-13-9-15(22)5-7-17(13)19/h5-9,11-12,19H,2-4,10,22H2,1H3,(H,23,24). The lowest BCUT2D eigenvalue weighted by Gasteiger charge is -2.26. The van der Waals surface area contributed by atoms with E-state index in [-0.39, 0.29) is 11.9 Å². The van der Waals surface area contributed by atoms with Crippen molar-refractivity contribution in [3.05, 3.63) is 59.4 Å². The van der Waals surface area contributed by atoms with Crippen LogP contribution in [0.15, 0.2) is 47.1 Å². The molecule has 1 amide bonds. The number of nitrogens with two attached hydrogens (primary N) is 1. The molecule has 0 saturated heterocycles. The third kappa shape index (κ3) is 3.12. The van der Waals surface area contributed by atoms with Gasteiger partial charge in [0, 0.05) is 22.7 Å². The Balaban J connectivity index is 1.50. The van der Waals surface area contributed by atoms with Gasteiger partial charge in [0.05, 0.1) is 25.8 Å². The summed E-state index contributed by atoms with van der Waals surface area (Å²) in [6.07, 6.45) is 4.96. The molecule has 26 heavy (non-hydrogen) atoms. The molecule has 0 spiro atoms. The number of carbonyl (C=O) groups is 1. The highest BCUT2D eigenvalue weighted by Crippen LogP contribution is 2.31. The normalized spacial score (nSPS) is 16.3. The molecule has 1 aromatic heterocycles. The van der Waals surface area contributed by atoms with Crippen LogP contribution in [-0.2, 0) is 17.6 Å². The van der Waals surface area contributed by atoms with Gasteiger partial charge < -0.3 is 20.2 Å². The van der Waals surface area contributed by atoms with Crippen molar-refractivity contribution in [1.82, 2.24) is 5.32 Å². The zero-order valence-electron chi connectivity index (χ0n) is 14.7. The lowest BCUT2D eigenvalue weighted by molar-refractivity contribution is -0.121. The molecule has 1 aliphatic carbocycles. The van der Waals surface area contributed by atoms with Gasteiger partial charge in [0.2, 0.25) is 5.91 Å². The quantitative estimate of drug-likeness (QED) is 0.702. The molecule has 0 radical (unpaired) electrons. The van der Waals surface area contributed by atoms with E-state index < -0.39 is 0 Å². The van der Waals surface area contributed by atoms with Gasteiger partial charge in [0.25, 0.3) is 0 Å². The molecule has 1 atom stereocenters. The first-order valence-corrected chi connectivity index (χ1v) is 8.86. The number of rotatable bonds is 4. The first kappa shape index (κ1) is 16.5. The number of nitrogens with one attached hydrogen (secondary N) is 1. The van der Waals surface area contributed by atoms with E-state index in [2.05, 4.69) is 5.32 Å². The van der Waals surface area contributed by atoms with Crippen molar-refractivity contribution in [3.8, 4) is 5.75 Å². The minimum atomic E-state index is -0.00167. The van der Waals surface area contributed by atoms with Crippen LogP contribution < -0.4 is 15.8 Å². The number of aryl methyl sites for hydroxylation is 1. The van der Waals surface area contributed by atoms with Gasteiger partial charge in [-0.25, -0.2) is 0 Å².